The van der Waals surface area contributed by atoms with Crippen molar-refractivity contribution < 1.29 is 22.5 Å². The van der Waals surface area contributed by atoms with Gasteiger partial charge in [0.1, 0.15) is 4.88 Å². The maximum atomic E-state index is 12.9. The molecule has 3 aromatic rings. The zero-order chi connectivity index (χ0) is 18.2. The average Bonchev–Trinajstić information content (AvgIpc) is 3.17. The number of aromatic nitrogens is 1. The van der Waals surface area contributed by atoms with Crippen molar-refractivity contribution in [3.63, 3.8) is 0 Å². The average molecular weight is 384 g/mol. The van der Waals surface area contributed by atoms with E-state index in [2.05, 4.69) is 10.3 Å². The highest BCUT2D eigenvalue weighted by Crippen LogP contribution is 2.41. The van der Waals surface area contributed by atoms with Gasteiger partial charge in [-0.05, 0) is 17.5 Å². The molecule has 0 unspecified atom stereocenters. The second-order valence-corrected chi connectivity index (χ2v) is 7.42. The number of amides is 1. The van der Waals surface area contributed by atoms with Crippen LogP contribution in [0.15, 0.2) is 29.8 Å². The first-order valence-electron chi connectivity index (χ1n) is 7.11. The predicted molar refractivity (Wildman–Crippen MR) is 93.6 cm³/mol. The van der Waals surface area contributed by atoms with Crippen LogP contribution in [0.25, 0.3) is 20.7 Å². The number of nitrogens with one attached hydrogen (secondary N) is 1. The van der Waals surface area contributed by atoms with Crippen LogP contribution in [0.3, 0.4) is 0 Å². The molecule has 3 aromatic heterocycles. The van der Waals surface area contributed by atoms with Crippen LogP contribution in [0.1, 0.15) is 15.2 Å². The first-order chi connectivity index (χ1) is 11.8. The summed E-state index contributed by atoms with van der Waals surface area (Å²) in [5.74, 6) is -0.381. The fraction of sp³-hybridized carbons (Fsp3) is 0.188. The van der Waals surface area contributed by atoms with E-state index in [4.69, 9.17) is 0 Å². The molecule has 0 fully saturated rings. The van der Waals surface area contributed by atoms with E-state index in [-0.39, 0.29) is 5.91 Å². The molecule has 0 radical (unpaired) electrons. The maximum Gasteiger partial charge on any atom is 0.417 e. The number of hydrogen-bond donors (Lipinski definition) is 1. The molecule has 25 heavy (non-hydrogen) atoms. The molecule has 0 aliphatic heterocycles. The van der Waals surface area contributed by atoms with Crippen molar-refractivity contribution in [1.29, 1.82) is 0 Å². The van der Waals surface area contributed by atoms with Crippen molar-refractivity contribution in [3.8, 4) is 10.4 Å². The molecule has 1 N–H and O–H groups in total. The van der Waals surface area contributed by atoms with Gasteiger partial charge in [-0.3, -0.25) is 9.56 Å². The predicted octanol–water partition coefficient (Wildman–Crippen LogP) is 4.07. The lowest BCUT2D eigenvalue weighted by Gasteiger charge is -2.05. The topological polar surface area (TPSA) is 45.0 Å². The smallest absolute Gasteiger partial charge is 0.273 e. The first kappa shape index (κ1) is 17.6. The van der Waals surface area contributed by atoms with Gasteiger partial charge in [-0.15, -0.1) is 22.7 Å². The molecule has 0 spiro atoms. The Morgan fingerprint density at radius 1 is 1.36 bits per heavy atom. The minimum absolute atomic E-state index is 0.327. The summed E-state index contributed by atoms with van der Waals surface area (Å²) < 4.78 is 40.8. The number of fused-ring (bicyclic) bond motifs is 1. The summed E-state index contributed by atoms with van der Waals surface area (Å²) in [5.41, 5.74) is 0.134. The van der Waals surface area contributed by atoms with Gasteiger partial charge in [-0.1, -0.05) is 6.07 Å². The highest BCUT2D eigenvalue weighted by molar-refractivity contribution is 7.22. The first-order valence-corrected chi connectivity index (χ1v) is 8.81. The Morgan fingerprint density at radius 2 is 2.12 bits per heavy atom. The summed E-state index contributed by atoms with van der Waals surface area (Å²) in [4.78, 5) is 17.6. The van der Waals surface area contributed by atoms with E-state index in [0.29, 0.717) is 20.7 Å². The van der Waals surface area contributed by atoms with E-state index in [1.54, 1.807) is 18.7 Å². The van der Waals surface area contributed by atoms with E-state index in [1.165, 1.54) is 17.7 Å². The van der Waals surface area contributed by atoms with Crippen molar-refractivity contribution in [1.82, 2.24) is 10.3 Å². The largest absolute Gasteiger partial charge is 0.417 e. The van der Waals surface area contributed by atoms with Gasteiger partial charge in [0.05, 0.1) is 29.9 Å². The maximum absolute atomic E-state index is 12.9. The number of carbonyl (C=O) groups excluding carboxylic acids is 1. The SMILES string of the molecule is C[N+](C)=CNC(=O)c1sc2cc(C(F)(F)F)cnc2c1-c1cccs1. The molecule has 0 saturated heterocycles. The molecule has 0 aromatic carbocycles. The fourth-order valence-electron chi connectivity index (χ4n) is 2.20. The van der Waals surface area contributed by atoms with Crippen LogP contribution in [0, 0.1) is 0 Å². The standard InChI is InChI=1S/C16H12F3N3OS2/c1-22(2)8-21-15(23)14-12(10-4-3-5-24-10)13-11(25-14)6-9(7-20-13)16(17,18)19/h3-8H,1-2H3/p+1. The van der Waals surface area contributed by atoms with Gasteiger partial charge in [-0.25, -0.2) is 10.1 Å². The number of alkyl halides is 3. The number of pyridine rings is 1. The van der Waals surface area contributed by atoms with Crippen LogP contribution >= 0.6 is 22.7 Å². The Kier molecular flexibility index (Phi) is 4.61. The highest BCUT2D eigenvalue weighted by Gasteiger charge is 2.32. The second kappa shape index (κ2) is 6.57. The van der Waals surface area contributed by atoms with Crippen molar-refractivity contribution in [2.24, 2.45) is 0 Å². The zero-order valence-electron chi connectivity index (χ0n) is 13.2. The molecular weight excluding hydrogens is 371 g/mol. The van der Waals surface area contributed by atoms with Crippen molar-refractivity contribution in [2.75, 3.05) is 14.1 Å². The molecule has 0 aliphatic rings. The van der Waals surface area contributed by atoms with Crippen LogP contribution in [-0.4, -0.2) is 35.9 Å². The lowest BCUT2D eigenvalue weighted by Crippen LogP contribution is -2.25. The summed E-state index contributed by atoms with van der Waals surface area (Å²) >= 11 is 2.41. The minimum Gasteiger partial charge on any atom is -0.273 e. The van der Waals surface area contributed by atoms with Gasteiger partial charge in [-0.2, -0.15) is 13.2 Å². The van der Waals surface area contributed by atoms with Crippen LogP contribution in [0.2, 0.25) is 0 Å². The summed E-state index contributed by atoms with van der Waals surface area (Å²) in [7, 11) is 3.51. The van der Waals surface area contributed by atoms with E-state index >= 15 is 0 Å². The van der Waals surface area contributed by atoms with Crippen LogP contribution < -0.4 is 5.32 Å². The highest BCUT2D eigenvalue weighted by atomic mass is 32.1. The quantitative estimate of drug-likeness (QED) is 0.420. The molecule has 4 nitrogen and oxygen atoms in total. The Morgan fingerprint density at radius 3 is 2.72 bits per heavy atom. The van der Waals surface area contributed by atoms with E-state index in [0.717, 1.165) is 28.5 Å². The molecule has 0 atom stereocenters. The number of hydrogen-bond acceptors (Lipinski definition) is 4. The Balaban J connectivity index is 2.19. The van der Waals surface area contributed by atoms with Gasteiger partial charge in [0.25, 0.3) is 0 Å². The van der Waals surface area contributed by atoms with Crippen LogP contribution in [0.4, 0.5) is 13.2 Å². The van der Waals surface area contributed by atoms with Gasteiger partial charge in [0.2, 0.25) is 6.34 Å². The van der Waals surface area contributed by atoms with Gasteiger partial charge in [0, 0.05) is 16.6 Å². The van der Waals surface area contributed by atoms with Crippen LogP contribution in [0.5, 0.6) is 0 Å². The second-order valence-electron chi connectivity index (χ2n) is 5.42. The van der Waals surface area contributed by atoms with Crippen molar-refractivity contribution in [2.45, 2.75) is 6.18 Å². The van der Waals surface area contributed by atoms with Gasteiger partial charge < -0.3 is 0 Å². The monoisotopic (exact) mass is 384 g/mol. The molecule has 3 heterocycles. The summed E-state index contributed by atoms with van der Waals surface area (Å²) in [5, 5.41) is 4.48. The minimum atomic E-state index is -4.48. The number of rotatable bonds is 3. The number of halogens is 3. The summed E-state index contributed by atoms with van der Waals surface area (Å²) in [6.07, 6.45) is -2.19. The molecule has 3 rings (SSSR count). The third kappa shape index (κ3) is 3.57. The molecule has 9 heteroatoms. The Hall–Kier alpha value is -2.26. The zero-order valence-corrected chi connectivity index (χ0v) is 14.9. The van der Waals surface area contributed by atoms with Crippen LogP contribution in [-0.2, 0) is 6.18 Å². The van der Waals surface area contributed by atoms with E-state index in [1.807, 2.05) is 17.5 Å². The summed E-state index contributed by atoms with van der Waals surface area (Å²) in [6.45, 7) is 0. The normalized spacial score (nSPS) is 11.6. The molecular formula is C16H13F3N3OS2+. The van der Waals surface area contributed by atoms with E-state index < -0.39 is 11.7 Å². The third-order valence-electron chi connectivity index (χ3n) is 3.28. The van der Waals surface area contributed by atoms with E-state index in [9.17, 15) is 18.0 Å². The van der Waals surface area contributed by atoms with Gasteiger partial charge in [0.15, 0.2) is 0 Å². The number of nitrogens with zero attached hydrogens (tertiary/aromatic N) is 2. The molecule has 0 bridgehead atoms. The molecule has 0 aliphatic carbocycles. The number of thiophene rings is 2. The Bertz CT molecular complexity index is 955. The van der Waals surface area contributed by atoms with Gasteiger partial charge >= 0.3 is 12.1 Å². The number of carbonyl (C=O) groups is 1. The third-order valence-corrected chi connectivity index (χ3v) is 5.30. The molecule has 1 amide bonds. The van der Waals surface area contributed by atoms with Crippen molar-refractivity contribution in [3.05, 3.63) is 40.2 Å². The molecule has 130 valence electrons. The van der Waals surface area contributed by atoms with Crippen molar-refractivity contribution >= 4 is 45.1 Å². The molecule has 0 saturated carbocycles. The lowest BCUT2D eigenvalue weighted by molar-refractivity contribution is -0.461. The summed E-state index contributed by atoms with van der Waals surface area (Å²) in [6, 6.07) is 4.68. The lowest BCUT2D eigenvalue weighted by atomic mass is 10.1. The Labute approximate surface area is 149 Å². The fourth-order valence-corrected chi connectivity index (χ4v) is 4.16.